The van der Waals surface area contributed by atoms with E-state index < -0.39 is 35.3 Å². The second kappa shape index (κ2) is 8.91. The molecule has 3 aliphatic carbocycles. The van der Waals surface area contributed by atoms with Crippen LogP contribution in [-0.2, 0) is 12.0 Å². The number of carbonyl (C=O) groups is 2. The van der Waals surface area contributed by atoms with Crippen LogP contribution in [0.25, 0.3) is 0 Å². The highest BCUT2D eigenvalue weighted by molar-refractivity contribution is 6.21. The third kappa shape index (κ3) is 3.32. The number of piperidine rings is 1. The second-order valence-corrected chi connectivity index (χ2v) is 13.3. The van der Waals surface area contributed by atoms with Crippen LogP contribution in [0.4, 0.5) is 0 Å². The van der Waals surface area contributed by atoms with Crippen molar-refractivity contribution >= 4 is 11.8 Å². The standard InChI is InChI=1S/C35H34N2O6/c38-28-24-12-13-26(42-19-21-6-2-1-3-7-21)29-27(24)34-16-17-36(18-20-10-11-20)30(28)35(34,41)15-14-25(31(34)43-29)37-32(39)22-8-4-5-9-23(22)33(37)40/h1-9,12-13,20,25,28,30-31,38,41H,10-11,14-19H2/t25-,28+,30-,31+,34+,35-/m1/s1. The van der Waals surface area contributed by atoms with Gasteiger partial charge in [-0.3, -0.25) is 19.4 Å². The van der Waals surface area contributed by atoms with Crippen LogP contribution in [0.15, 0.2) is 66.7 Å². The fraction of sp³-hybridized carbons (Fsp3) is 0.429. The molecule has 0 radical (unpaired) electrons. The Balaban J connectivity index is 1.18. The molecular weight excluding hydrogens is 544 g/mol. The zero-order chi connectivity index (χ0) is 29.1. The van der Waals surface area contributed by atoms with E-state index in [1.165, 1.54) is 17.7 Å². The number of hydrogen-bond donors (Lipinski definition) is 2. The molecule has 2 bridgehead atoms. The van der Waals surface area contributed by atoms with Gasteiger partial charge in [-0.25, -0.2) is 0 Å². The van der Waals surface area contributed by atoms with Crippen LogP contribution >= 0.6 is 0 Å². The van der Waals surface area contributed by atoms with Crippen LogP contribution in [0.1, 0.15) is 75.6 Å². The number of benzene rings is 3. The number of likely N-dealkylation sites (tertiary alicyclic amines) is 1. The minimum absolute atomic E-state index is 0.314. The number of hydrogen-bond acceptors (Lipinski definition) is 7. The summed E-state index contributed by atoms with van der Waals surface area (Å²) in [7, 11) is 0. The van der Waals surface area contributed by atoms with E-state index in [0.717, 1.165) is 23.2 Å². The lowest BCUT2D eigenvalue weighted by Gasteiger charge is -2.65. The molecule has 3 fully saturated rings. The number of fused-ring (bicyclic) bond motifs is 1. The van der Waals surface area contributed by atoms with Crippen molar-refractivity contribution in [1.29, 1.82) is 0 Å². The minimum atomic E-state index is -1.30. The first-order chi connectivity index (χ1) is 20.9. The highest BCUT2D eigenvalue weighted by atomic mass is 16.5. The molecule has 9 rings (SSSR count). The van der Waals surface area contributed by atoms with Crippen LogP contribution in [0.3, 0.4) is 0 Å². The second-order valence-electron chi connectivity index (χ2n) is 13.3. The van der Waals surface area contributed by atoms with E-state index in [9.17, 15) is 19.8 Å². The summed E-state index contributed by atoms with van der Waals surface area (Å²) < 4.78 is 13.2. The van der Waals surface area contributed by atoms with Crippen molar-refractivity contribution in [2.45, 2.75) is 74.0 Å². The minimum Gasteiger partial charge on any atom is -0.485 e. The van der Waals surface area contributed by atoms with Crippen LogP contribution in [-0.4, -0.2) is 68.7 Å². The Hall–Kier alpha value is -3.72. The highest BCUT2D eigenvalue weighted by Crippen LogP contribution is 2.68. The van der Waals surface area contributed by atoms with E-state index in [2.05, 4.69) is 4.90 Å². The van der Waals surface area contributed by atoms with Gasteiger partial charge < -0.3 is 19.7 Å². The molecule has 2 amide bonds. The lowest BCUT2D eigenvalue weighted by Crippen LogP contribution is -2.79. The zero-order valence-corrected chi connectivity index (χ0v) is 23.8. The largest absolute Gasteiger partial charge is 0.485 e. The van der Waals surface area contributed by atoms with Crippen LogP contribution < -0.4 is 9.47 Å². The van der Waals surface area contributed by atoms with Gasteiger partial charge in [0, 0.05) is 12.1 Å². The van der Waals surface area contributed by atoms with Crippen molar-refractivity contribution in [2.75, 3.05) is 13.1 Å². The Labute approximate surface area is 249 Å². The topological polar surface area (TPSA) is 99.5 Å². The molecule has 3 aromatic rings. The van der Waals surface area contributed by atoms with Crippen molar-refractivity contribution in [2.24, 2.45) is 5.92 Å². The van der Waals surface area contributed by atoms with Gasteiger partial charge in [0.05, 0.1) is 40.3 Å². The van der Waals surface area contributed by atoms with E-state index in [4.69, 9.17) is 9.47 Å². The molecule has 1 saturated heterocycles. The molecule has 1 spiro atoms. The quantitative estimate of drug-likeness (QED) is 0.427. The molecule has 220 valence electrons. The van der Waals surface area contributed by atoms with Crippen LogP contribution in [0.5, 0.6) is 11.5 Å². The molecule has 3 aromatic carbocycles. The average Bonchev–Trinajstić information content (AvgIpc) is 3.72. The average molecular weight is 579 g/mol. The summed E-state index contributed by atoms with van der Waals surface area (Å²) >= 11 is 0. The van der Waals surface area contributed by atoms with Gasteiger partial charge >= 0.3 is 0 Å². The summed E-state index contributed by atoms with van der Waals surface area (Å²) in [5.41, 5.74) is 1.18. The Morgan fingerprint density at radius 3 is 2.35 bits per heavy atom. The smallest absolute Gasteiger partial charge is 0.261 e. The molecule has 0 unspecified atom stereocenters. The predicted molar refractivity (Wildman–Crippen MR) is 156 cm³/mol. The molecule has 6 atom stereocenters. The number of aliphatic hydroxyl groups is 2. The van der Waals surface area contributed by atoms with E-state index in [1.54, 1.807) is 24.3 Å². The maximum absolute atomic E-state index is 13.8. The Morgan fingerprint density at radius 1 is 0.907 bits per heavy atom. The Kier molecular flexibility index (Phi) is 5.33. The van der Waals surface area contributed by atoms with E-state index in [-0.39, 0.29) is 11.8 Å². The summed E-state index contributed by atoms with van der Waals surface area (Å²) in [6, 6.07) is 19.6. The van der Waals surface area contributed by atoms with Crippen molar-refractivity contribution < 1.29 is 29.3 Å². The highest BCUT2D eigenvalue weighted by Gasteiger charge is 2.76. The predicted octanol–water partition coefficient (Wildman–Crippen LogP) is 3.99. The molecule has 2 saturated carbocycles. The fourth-order valence-corrected chi connectivity index (χ4v) is 9.13. The number of amides is 2. The van der Waals surface area contributed by atoms with Gasteiger partial charge in [0.25, 0.3) is 11.8 Å². The fourth-order valence-electron chi connectivity index (χ4n) is 9.13. The Bertz CT molecular complexity index is 1640. The summed E-state index contributed by atoms with van der Waals surface area (Å²) in [5, 5.41) is 24.9. The summed E-state index contributed by atoms with van der Waals surface area (Å²) in [4.78, 5) is 31.2. The van der Waals surface area contributed by atoms with E-state index in [1.807, 2.05) is 42.5 Å². The van der Waals surface area contributed by atoms with Gasteiger partial charge in [0.2, 0.25) is 0 Å². The zero-order valence-electron chi connectivity index (χ0n) is 23.8. The number of carbonyl (C=O) groups excluding carboxylic acids is 2. The van der Waals surface area contributed by atoms with Crippen LogP contribution in [0, 0.1) is 5.92 Å². The number of nitrogens with zero attached hydrogens (tertiary/aromatic N) is 2. The van der Waals surface area contributed by atoms with Crippen molar-refractivity contribution in [3.63, 3.8) is 0 Å². The molecule has 8 heteroatoms. The van der Waals surface area contributed by atoms with Crippen LogP contribution in [0.2, 0.25) is 0 Å². The van der Waals surface area contributed by atoms with Crippen molar-refractivity contribution in [3.8, 4) is 11.5 Å². The lowest BCUT2D eigenvalue weighted by molar-refractivity contribution is -0.220. The first kappa shape index (κ1) is 25.7. The first-order valence-electron chi connectivity index (χ1n) is 15.5. The van der Waals surface area contributed by atoms with Gasteiger partial charge in [0.1, 0.15) is 12.7 Å². The van der Waals surface area contributed by atoms with E-state index in [0.29, 0.717) is 61.0 Å². The van der Waals surface area contributed by atoms with Gasteiger partial charge in [-0.05, 0) is 73.9 Å². The van der Waals surface area contributed by atoms with Gasteiger partial charge in [-0.2, -0.15) is 0 Å². The molecule has 2 N–H and O–H groups in total. The molecule has 3 heterocycles. The summed E-state index contributed by atoms with van der Waals surface area (Å²) in [5.74, 6) is 1.04. The number of aliphatic hydroxyl groups excluding tert-OH is 1. The molecule has 43 heavy (non-hydrogen) atoms. The lowest BCUT2D eigenvalue weighted by atomic mass is 9.47. The normalized spacial score (nSPS) is 33.7. The molecule has 3 aliphatic heterocycles. The number of rotatable bonds is 6. The van der Waals surface area contributed by atoms with Gasteiger partial charge in [-0.1, -0.05) is 48.5 Å². The molecular formula is C35H34N2O6. The van der Waals surface area contributed by atoms with Crippen molar-refractivity contribution in [1.82, 2.24) is 9.80 Å². The number of ether oxygens (including phenoxy) is 2. The first-order valence-corrected chi connectivity index (χ1v) is 15.5. The third-order valence-corrected chi connectivity index (χ3v) is 11.2. The monoisotopic (exact) mass is 578 g/mol. The number of imide groups is 1. The van der Waals surface area contributed by atoms with Crippen molar-refractivity contribution in [3.05, 3.63) is 94.5 Å². The SMILES string of the molecule is O=C1c2ccccc2C(=O)N1[C@@H]1CC[C@@]2(O)[C@H]3[C@@H](O)c4ccc(OCc5ccccc5)c5c4[C@@]2(CCN3CC2CC2)[C@H]1O5. The maximum Gasteiger partial charge on any atom is 0.261 e. The molecule has 0 aromatic heterocycles. The third-order valence-electron chi connectivity index (χ3n) is 11.2. The summed E-state index contributed by atoms with van der Waals surface area (Å²) in [6.45, 7) is 1.89. The van der Waals surface area contributed by atoms with E-state index >= 15 is 0 Å². The van der Waals surface area contributed by atoms with Gasteiger partial charge in [-0.15, -0.1) is 0 Å². The summed E-state index contributed by atoms with van der Waals surface area (Å²) in [6.07, 6.45) is 2.14. The maximum atomic E-state index is 13.8. The Morgan fingerprint density at radius 2 is 1.63 bits per heavy atom. The molecule has 6 aliphatic rings. The molecule has 8 nitrogen and oxygen atoms in total. The van der Waals surface area contributed by atoms with Gasteiger partial charge in [0.15, 0.2) is 11.5 Å².